The quantitative estimate of drug-likeness (QED) is 0.334. The van der Waals surface area contributed by atoms with Crippen LogP contribution in [0.15, 0.2) is 24.3 Å². The van der Waals surface area contributed by atoms with Crippen molar-refractivity contribution in [1.82, 2.24) is 0 Å². The van der Waals surface area contributed by atoms with Crippen molar-refractivity contribution in [2.45, 2.75) is 130 Å². The SMILES string of the molecule is CC(C)(C)c1cc(CC2CCC(Cc3cc(C(C)(C)C)c(O)c(C(C)(C)C)c3)C(=O)OSOC2=O)cc(C(C)(C)C)c1O. The van der Waals surface area contributed by atoms with Gasteiger partial charge in [0.15, 0.2) is 0 Å². The number of phenols is 2. The van der Waals surface area contributed by atoms with Crippen LogP contribution in [-0.4, -0.2) is 22.2 Å². The average molecular weight is 613 g/mol. The van der Waals surface area contributed by atoms with Crippen molar-refractivity contribution in [2.75, 3.05) is 0 Å². The van der Waals surface area contributed by atoms with Crippen LogP contribution < -0.4 is 0 Å². The molecule has 0 radical (unpaired) electrons. The Morgan fingerprint density at radius 2 is 0.837 bits per heavy atom. The summed E-state index contributed by atoms with van der Waals surface area (Å²) in [5.41, 5.74) is 4.11. The smallest absolute Gasteiger partial charge is 0.324 e. The third-order valence-electron chi connectivity index (χ3n) is 8.30. The summed E-state index contributed by atoms with van der Waals surface area (Å²) in [6.07, 6.45) is 1.75. The summed E-state index contributed by atoms with van der Waals surface area (Å²) in [5.74, 6) is -1.21. The Kier molecular flexibility index (Phi) is 10.0. The highest BCUT2D eigenvalue weighted by Crippen LogP contribution is 2.42. The Hall–Kier alpha value is -2.67. The number of aromatic hydroxyl groups is 2. The highest BCUT2D eigenvalue weighted by atomic mass is 32.2. The van der Waals surface area contributed by atoms with E-state index in [1.54, 1.807) is 0 Å². The second kappa shape index (κ2) is 12.4. The van der Waals surface area contributed by atoms with Gasteiger partial charge in [0.1, 0.15) is 11.5 Å². The van der Waals surface area contributed by atoms with Crippen LogP contribution in [-0.2, 0) is 52.5 Å². The van der Waals surface area contributed by atoms with Crippen molar-refractivity contribution in [3.63, 3.8) is 0 Å². The predicted molar refractivity (Wildman–Crippen MR) is 174 cm³/mol. The topological polar surface area (TPSA) is 93.1 Å². The lowest BCUT2D eigenvalue weighted by Crippen LogP contribution is -2.23. The summed E-state index contributed by atoms with van der Waals surface area (Å²) in [6, 6.07) is 7.98. The number of phenolic OH excluding ortho intramolecular Hbond substituents is 2. The monoisotopic (exact) mass is 612 g/mol. The van der Waals surface area contributed by atoms with Crippen LogP contribution in [0, 0.1) is 11.8 Å². The third kappa shape index (κ3) is 8.49. The lowest BCUT2D eigenvalue weighted by molar-refractivity contribution is -0.138. The normalized spacial score (nSPS) is 19.3. The molecule has 1 aliphatic heterocycles. The summed E-state index contributed by atoms with van der Waals surface area (Å²) in [5, 5.41) is 22.3. The first-order valence-corrected chi connectivity index (χ1v) is 16.0. The molecule has 2 aromatic rings. The summed E-state index contributed by atoms with van der Waals surface area (Å²) >= 11 is 0.443. The van der Waals surface area contributed by atoms with Gasteiger partial charge < -0.3 is 18.6 Å². The maximum absolute atomic E-state index is 13.2. The van der Waals surface area contributed by atoms with Crippen LogP contribution in [0.25, 0.3) is 0 Å². The number of carbonyl (C=O) groups is 2. The molecular weight excluding hydrogens is 560 g/mol. The predicted octanol–water partition coefficient (Wildman–Crippen LogP) is 8.75. The third-order valence-corrected chi connectivity index (χ3v) is 8.76. The van der Waals surface area contributed by atoms with Crippen LogP contribution >= 0.6 is 12.3 Å². The number of benzene rings is 2. The molecule has 2 aromatic carbocycles. The number of carbonyl (C=O) groups excluding carboxylic acids is 2. The molecule has 2 unspecified atom stereocenters. The number of hydrogen-bond donors (Lipinski definition) is 2. The van der Waals surface area contributed by atoms with Crippen molar-refractivity contribution in [2.24, 2.45) is 11.8 Å². The van der Waals surface area contributed by atoms with Gasteiger partial charge in [0.25, 0.3) is 12.3 Å². The molecular formula is C36H52O6S. The lowest BCUT2D eigenvalue weighted by atomic mass is 9.77. The molecule has 1 heterocycles. The molecule has 0 saturated carbocycles. The zero-order valence-electron chi connectivity index (χ0n) is 28.2. The highest BCUT2D eigenvalue weighted by molar-refractivity contribution is 7.90. The standard InChI is InChI=1S/C36H52O6S/c1-33(2,3)25-17-21(18-26(29(25)37)34(4,5)6)15-23-13-14-24(32(40)42-43-41-31(23)39)16-22-19-27(35(7,8)9)30(38)28(20-22)36(10,11)12/h17-20,23-24,37-38H,13-16H2,1-12H3. The zero-order chi connectivity index (χ0) is 32.7. The summed E-state index contributed by atoms with van der Waals surface area (Å²) in [6.45, 7) is 24.8. The molecule has 0 aromatic heterocycles. The Labute approximate surface area is 263 Å². The van der Waals surface area contributed by atoms with E-state index < -0.39 is 23.8 Å². The van der Waals surface area contributed by atoms with Gasteiger partial charge in [0.2, 0.25) is 0 Å². The van der Waals surface area contributed by atoms with E-state index in [2.05, 4.69) is 83.1 Å². The van der Waals surface area contributed by atoms with Crippen molar-refractivity contribution in [3.05, 3.63) is 57.6 Å². The average Bonchev–Trinajstić information content (AvgIpc) is 2.89. The second-order valence-electron chi connectivity index (χ2n) is 16.3. The van der Waals surface area contributed by atoms with Gasteiger partial charge in [-0.25, -0.2) is 0 Å². The fourth-order valence-electron chi connectivity index (χ4n) is 5.71. The summed E-state index contributed by atoms with van der Waals surface area (Å²) in [4.78, 5) is 26.3. The molecule has 0 spiro atoms. The van der Waals surface area contributed by atoms with Crippen LogP contribution in [0.4, 0.5) is 0 Å². The van der Waals surface area contributed by atoms with E-state index in [1.807, 2.05) is 24.3 Å². The molecule has 238 valence electrons. The van der Waals surface area contributed by atoms with E-state index in [9.17, 15) is 19.8 Å². The van der Waals surface area contributed by atoms with Gasteiger partial charge in [0, 0.05) is 0 Å². The molecule has 6 nitrogen and oxygen atoms in total. The first kappa shape index (κ1) is 34.8. The minimum absolute atomic E-state index is 0.290. The molecule has 0 aliphatic carbocycles. The van der Waals surface area contributed by atoms with Crippen molar-refractivity contribution in [1.29, 1.82) is 0 Å². The van der Waals surface area contributed by atoms with Gasteiger partial charge in [-0.15, -0.1) is 0 Å². The van der Waals surface area contributed by atoms with Gasteiger partial charge in [-0.05, 0) is 80.7 Å². The Morgan fingerprint density at radius 1 is 0.581 bits per heavy atom. The minimum Gasteiger partial charge on any atom is -0.507 e. The van der Waals surface area contributed by atoms with Crippen LogP contribution in [0.2, 0.25) is 0 Å². The minimum atomic E-state index is -0.482. The van der Waals surface area contributed by atoms with E-state index in [0.29, 0.717) is 49.5 Å². The second-order valence-corrected chi connectivity index (χ2v) is 16.8. The van der Waals surface area contributed by atoms with Gasteiger partial charge in [-0.2, -0.15) is 0 Å². The van der Waals surface area contributed by atoms with Crippen molar-refractivity contribution >= 4 is 24.3 Å². The van der Waals surface area contributed by atoms with E-state index >= 15 is 0 Å². The highest BCUT2D eigenvalue weighted by Gasteiger charge is 2.33. The fourth-order valence-corrected chi connectivity index (χ4v) is 6.15. The van der Waals surface area contributed by atoms with Crippen molar-refractivity contribution in [3.8, 4) is 11.5 Å². The van der Waals surface area contributed by atoms with Crippen LogP contribution in [0.3, 0.4) is 0 Å². The molecule has 43 heavy (non-hydrogen) atoms. The van der Waals surface area contributed by atoms with E-state index in [-0.39, 0.29) is 21.7 Å². The van der Waals surface area contributed by atoms with E-state index in [4.69, 9.17) is 8.37 Å². The van der Waals surface area contributed by atoms with Crippen molar-refractivity contribution < 1.29 is 28.2 Å². The molecule has 1 saturated heterocycles. The molecule has 3 rings (SSSR count). The van der Waals surface area contributed by atoms with Gasteiger partial charge in [0.05, 0.1) is 11.8 Å². The zero-order valence-corrected chi connectivity index (χ0v) is 29.0. The molecule has 0 bridgehead atoms. The maximum Gasteiger partial charge on any atom is 0.324 e. The van der Waals surface area contributed by atoms with Crippen LogP contribution in [0.5, 0.6) is 11.5 Å². The number of hydrogen-bond acceptors (Lipinski definition) is 7. The van der Waals surface area contributed by atoms with E-state index in [1.165, 1.54) is 0 Å². The maximum atomic E-state index is 13.2. The van der Waals surface area contributed by atoms with Gasteiger partial charge in [-0.1, -0.05) is 107 Å². The molecule has 2 atom stereocenters. The van der Waals surface area contributed by atoms with Gasteiger partial charge >= 0.3 is 11.9 Å². The Morgan fingerprint density at radius 3 is 1.07 bits per heavy atom. The first-order chi connectivity index (χ1) is 19.5. The lowest BCUT2D eigenvalue weighted by Gasteiger charge is -2.29. The van der Waals surface area contributed by atoms with Crippen LogP contribution in [0.1, 0.15) is 129 Å². The van der Waals surface area contributed by atoms with E-state index in [0.717, 1.165) is 33.4 Å². The first-order valence-electron chi connectivity index (χ1n) is 15.3. The molecule has 1 fully saturated rings. The molecule has 0 amide bonds. The fraction of sp³-hybridized carbons (Fsp3) is 0.611. The summed E-state index contributed by atoms with van der Waals surface area (Å²) < 4.78 is 10.7. The Bertz CT molecular complexity index is 1170. The molecule has 1 aliphatic rings. The molecule has 7 heteroatoms. The largest absolute Gasteiger partial charge is 0.507 e. The summed E-state index contributed by atoms with van der Waals surface area (Å²) in [7, 11) is 0. The number of rotatable bonds is 4. The van der Waals surface area contributed by atoms with Gasteiger partial charge in [-0.3, -0.25) is 9.59 Å². The molecule has 2 N–H and O–H groups in total. The Balaban J connectivity index is 1.96.